The molecule has 0 saturated heterocycles. The van der Waals surface area contributed by atoms with Gasteiger partial charge in [-0.25, -0.2) is 9.59 Å². The van der Waals surface area contributed by atoms with Crippen LogP contribution in [-0.4, -0.2) is 62.6 Å². The number of alkyl carbamates (subject to hydrolysis) is 2. The number of ether oxygens (including phenoxy) is 4. The summed E-state index contributed by atoms with van der Waals surface area (Å²) < 4.78 is 20.8. The Labute approximate surface area is 278 Å². The first-order chi connectivity index (χ1) is 22.9. The van der Waals surface area contributed by atoms with Crippen molar-refractivity contribution in [2.75, 3.05) is 26.4 Å². The van der Waals surface area contributed by atoms with Crippen LogP contribution in [0.25, 0.3) is 0 Å². The van der Waals surface area contributed by atoms with E-state index in [1.54, 1.807) is 0 Å². The molecule has 2 fully saturated rings. The van der Waals surface area contributed by atoms with Crippen molar-refractivity contribution in [2.24, 2.45) is 11.8 Å². The highest BCUT2D eigenvalue weighted by atomic mass is 16.6. The maximum Gasteiger partial charge on any atom is 0.407 e. The van der Waals surface area contributed by atoms with Gasteiger partial charge < -0.3 is 29.6 Å². The lowest BCUT2D eigenvalue weighted by molar-refractivity contribution is -0.145. The standard InChI is InChI=1S/C37H50N2O8/c40-34(21-15-28-7-3-1-4-8-28)44-23-25-46-36(42)38-32-17-11-30(12-18-32)27-31-13-19-33(20-14-31)39-37(43)47-26-24-45-35(41)22-16-29-9-5-2-6-10-29/h1-10,30-33H,11-27H2,(H,38,42)(H,39,43). The molecule has 0 radical (unpaired) electrons. The molecule has 2 N–H and O–H groups in total. The van der Waals surface area contributed by atoms with Crippen LogP contribution in [-0.2, 0) is 41.4 Å². The summed E-state index contributed by atoms with van der Waals surface area (Å²) in [5.41, 5.74) is 2.16. The van der Waals surface area contributed by atoms with Crippen LogP contribution in [0.5, 0.6) is 0 Å². The van der Waals surface area contributed by atoms with E-state index in [4.69, 9.17) is 18.9 Å². The van der Waals surface area contributed by atoms with E-state index in [0.717, 1.165) is 62.5 Å². The first kappa shape index (κ1) is 35.8. The summed E-state index contributed by atoms with van der Waals surface area (Å²) in [5.74, 6) is 0.694. The Balaban J connectivity index is 0.964. The lowest BCUT2D eigenvalue weighted by Crippen LogP contribution is -2.39. The Morgan fingerprint density at radius 1 is 0.511 bits per heavy atom. The number of aryl methyl sites for hydroxylation is 2. The molecule has 2 aliphatic carbocycles. The number of carbonyl (C=O) groups excluding carboxylic acids is 4. The number of amides is 2. The third-order valence-corrected chi connectivity index (χ3v) is 9.08. The van der Waals surface area contributed by atoms with Crippen molar-refractivity contribution in [2.45, 2.75) is 95.6 Å². The van der Waals surface area contributed by atoms with Crippen LogP contribution in [0.2, 0.25) is 0 Å². The van der Waals surface area contributed by atoms with Crippen LogP contribution in [0, 0.1) is 11.8 Å². The zero-order valence-electron chi connectivity index (χ0n) is 27.4. The van der Waals surface area contributed by atoms with E-state index in [-0.39, 0.29) is 50.4 Å². The summed E-state index contributed by atoms with van der Waals surface area (Å²) in [5, 5.41) is 5.92. The average Bonchev–Trinajstić information content (AvgIpc) is 3.09. The Morgan fingerprint density at radius 2 is 0.872 bits per heavy atom. The van der Waals surface area contributed by atoms with Gasteiger partial charge >= 0.3 is 24.1 Å². The molecule has 0 bridgehead atoms. The lowest BCUT2D eigenvalue weighted by Gasteiger charge is -2.34. The number of hydrogen-bond donors (Lipinski definition) is 2. The van der Waals surface area contributed by atoms with Gasteiger partial charge in [-0.2, -0.15) is 0 Å². The summed E-state index contributed by atoms with van der Waals surface area (Å²) in [4.78, 5) is 48.2. The summed E-state index contributed by atoms with van der Waals surface area (Å²) in [7, 11) is 0. The summed E-state index contributed by atoms with van der Waals surface area (Å²) in [6.07, 6.45) is 10.1. The monoisotopic (exact) mass is 650 g/mol. The molecule has 47 heavy (non-hydrogen) atoms. The van der Waals surface area contributed by atoms with Crippen molar-refractivity contribution in [3.8, 4) is 0 Å². The molecule has 0 atom stereocenters. The van der Waals surface area contributed by atoms with Crippen molar-refractivity contribution in [3.05, 3.63) is 71.8 Å². The molecule has 2 amide bonds. The van der Waals surface area contributed by atoms with Gasteiger partial charge in [-0.1, -0.05) is 60.7 Å². The smallest absolute Gasteiger partial charge is 0.407 e. The van der Waals surface area contributed by atoms with Crippen molar-refractivity contribution < 1.29 is 38.1 Å². The molecule has 0 heterocycles. The minimum absolute atomic E-state index is 0.0402. The predicted molar refractivity (Wildman–Crippen MR) is 177 cm³/mol. The van der Waals surface area contributed by atoms with E-state index in [1.165, 1.54) is 6.42 Å². The topological polar surface area (TPSA) is 129 Å². The van der Waals surface area contributed by atoms with E-state index in [9.17, 15) is 19.2 Å². The van der Waals surface area contributed by atoms with Gasteiger partial charge in [0.25, 0.3) is 0 Å². The molecular formula is C37H50N2O8. The van der Waals surface area contributed by atoms with Gasteiger partial charge in [-0.15, -0.1) is 0 Å². The second-order valence-corrected chi connectivity index (χ2v) is 12.6. The largest absolute Gasteiger partial charge is 0.462 e. The van der Waals surface area contributed by atoms with Crippen molar-refractivity contribution in [1.29, 1.82) is 0 Å². The Kier molecular flexibility index (Phi) is 15.4. The second-order valence-electron chi connectivity index (χ2n) is 12.6. The van der Waals surface area contributed by atoms with Crippen LogP contribution in [0.4, 0.5) is 9.59 Å². The maximum absolute atomic E-state index is 12.2. The second kappa shape index (κ2) is 20.2. The van der Waals surface area contributed by atoms with Crippen molar-refractivity contribution in [1.82, 2.24) is 10.6 Å². The first-order valence-electron chi connectivity index (χ1n) is 17.2. The van der Waals surface area contributed by atoms with Gasteiger partial charge in [0.2, 0.25) is 0 Å². The van der Waals surface area contributed by atoms with Crippen molar-refractivity contribution >= 4 is 24.1 Å². The summed E-state index contributed by atoms with van der Waals surface area (Å²) in [6.45, 7) is 0.191. The SMILES string of the molecule is O=C(CCc1ccccc1)OCCOC(=O)NC1CCC(CC2CCC(NC(=O)OCCOC(=O)CCc3ccccc3)CC2)CC1. The van der Waals surface area contributed by atoms with Gasteiger partial charge in [0.15, 0.2) is 0 Å². The van der Waals surface area contributed by atoms with Gasteiger partial charge in [-0.05, 0) is 93.6 Å². The average molecular weight is 651 g/mol. The summed E-state index contributed by atoms with van der Waals surface area (Å²) >= 11 is 0. The molecule has 2 aromatic rings. The minimum Gasteiger partial charge on any atom is -0.462 e. The molecule has 2 aromatic carbocycles. The quantitative estimate of drug-likeness (QED) is 0.123. The first-order valence-corrected chi connectivity index (χ1v) is 17.2. The van der Waals surface area contributed by atoms with E-state index >= 15 is 0 Å². The van der Waals surface area contributed by atoms with Crippen LogP contribution in [0.15, 0.2) is 60.7 Å². The third-order valence-electron chi connectivity index (χ3n) is 9.08. The molecule has 4 rings (SSSR count). The highest BCUT2D eigenvalue weighted by molar-refractivity contribution is 5.70. The minimum atomic E-state index is -0.460. The summed E-state index contributed by atoms with van der Waals surface area (Å²) in [6, 6.07) is 19.7. The Morgan fingerprint density at radius 3 is 1.26 bits per heavy atom. The fraction of sp³-hybridized carbons (Fsp3) is 0.568. The van der Waals surface area contributed by atoms with Crippen LogP contribution in [0.1, 0.15) is 81.8 Å². The predicted octanol–water partition coefficient (Wildman–Crippen LogP) is 6.30. The zero-order chi connectivity index (χ0) is 33.1. The zero-order valence-corrected chi connectivity index (χ0v) is 27.4. The van der Waals surface area contributed by atoms with Gasteiger partial charge in [-0.3, -0.25) is 9.59 Å². The molecule has 10 nitrogen and oxygen atoms in total. The van der Waals surface area contributed by atoms with Crippen LogP contribution in [0.3, 0.4) is 0 Å². The number of esters is 2. The molecule has 0 aliphatic heterocycles. The highest BCUT2D eigenvalue weighted by Gasteiger charge is 2.28. The maximum atomic E-state index is 12.2. The van der Waals surface area contributed by atoms with E-state index < -0.39 is 12.2 Å². The fourth-order valence-electron chi connectivity index (χ4n) is 6.48. The fourth-order valence-corrected chi connectivity index (χ4v) is 6.48. The van der Waals surface area contributed by atoms with Gasteiger partial charge in [0.1, 0.15) is 26.4 Å². The Hall–Kier alpha value is -4.08. The normalized spacial score (nSPS) is 20.8. The number of carbonyl (C=O) groups is 4. The highest BCUT2D eigenvalue weighted by Crippen LogP contribution is 2.35. The molecule has 0 unspecified atom stereocenters. The number of rotatable bonds is 16. The molecule has 0 aromatic heterocycles. The molecule has 0 spiro atoms. The number of nitrogens with one attached hydrogen (secondary N) is 2. The van der Waals surface area contributed by atoms with Crippen LogP contribution < -0.4 is 10.6 Å². The van der Waals surface area contributed by atoms with Gasteiger partial charge in [0.05, 0.1) is 0 Å². The third kappa shape index (κ3) is 14.5. The number of hydrogen-bond acceptors (Lipinski definition) is 8. The molecular weight excluding hydrogens is 600 g/mol. The molecule has 2 aliphatic rings. The Bertz CT molecular complexity index is 1130. The molecule has 10 heteroatoms. The van der Waals surface area contributed by atoms with E-state index in [0.29, 0.717) is 37.5 Å². The number of benzene rings is 2. The van der Waals surface area contributed by atoms with Crippen molar-refractivity contribution in [3.63, 3.8) is 0 Å². The lowest BCUT2D eigenvalue weighted by atomic mass is 9.76. The molecule has 256 valence electrons. The molecule has 2 saturated carbocycles. The van der Waals surface area contributed by atoms with E-state index in [1.807, 2.05) is 60.7 Å². The van der Waals surface area contributed by atoms with Crippen LogP contribution >= 0.6 is 0 Å². The van der Waals surface area contributed by atoms with Gasteiger partial charge in [0, 0.05) is 24.9 Å². The van der Waals surface area contributed by atoms with E-state index in [2.05, 4.69) is 10.6 Å².